The third-order valence-corrected chi connectivity index (χ3v) is 7.94. The molecule has 8 heteroatoms. The van der Waals surface area contributed by atoms with Crippen molar-refractivity contribution >= 4 is 29.1 Å². The quantitative estimate of drug-likeness (QED) is 0.311. The summed E-state index contributed by atoms with van der Waals surface area (Å²) in [5.74, 6) is 0.919. The van der Waals surface area contributed by atoms with Crippen LogP contribution in [0, 0.1) is 0 Å². The highest BCUT2D eigenvalue weighted by Crippen LogP contribution is 2.34. The third kappa shape index (κ3) is 6.49. The van der Waals surface area contributed by atoms with Gasteiger partial charge in [-0.2, -0.15) is 9.78 Å². The van der Waals surface area contributed by atoms with Gasteiger partial charge in [-0.15, -0.1) is 0 Å². The second-order valence-corrected chi connectivity index (χ2v) is 10.9. The lowest BCUT2D eigenvalue weighted by Crippen LogP contribution is -2.37. The van der Waals surface area contributed by atoms with Crippen LogP contribution in [0.15, 0.2) is 48.5 Å². The van der Waals surface area contributed by atoms with Crippen LogP contribution < -0.4 is 15.4 Å². The molecule has 2 saturated carbocycles. The number of nitrogens with one attached hydrogen (secondary N) is 2. The summed E-state index contributed by atoms with van der Waals surface area (Å²) >= 11 is 12.7. The van der Waals surface area contributed by atoms with Crippen molar-refractivity contribution in [3.63, 3.8) is 0 Å². The van der Waals surface area contributed by atoms with E-state index in [9.17, 15) is 4.79 Å². The van der Waals surface area contributed by atoms with Crippen LogP contribution in [0.25, 0.3) is 5.69 Å². The number of carbonyl (C=O) groups excluding carboxylic acids is 1. The zero-order chi connectivity index (χ0) is 25.6. The molecule has 3 aromatic rings. The first kappa shape index (κ1) is 26.1. The SMILES string of the molecule is O=C(NC1CCCCC1)c1nn(-c2ccccc2Cl)c(Oc2ccc(Cl)cc2)c1CNC1CCCCC1. The fraction of sp³-hybridized carbons (Fsp3) is 0.448. The second-order valence-electron chi connectivity index (χ2n) is 10.1. The van der Waals surface area contributed by atoms with Crippen molar-refractivity contribution in [1.29, 1.82) is 0 Å². The van der Waals surface area contributed by atoms with Crippen LogP contribution in [0.1, 0.15) is 80.3 Å². The fourth-order valence-electron chi connectivity index (χ4n) is 5.34. The summed E-state index contributed by atoms with van der Waals surface area (Å²) in [5, 5.41) is 12.9. The molecule has 0 spiro atoms. The average Bonchev–Trinajstić information content (AvgIpc) is 3.28. The van der Waals surface area contributed by atoms with Gasteiger partial charge in [0.15, 0.2) is 5.69 Å². The maximum atomic E-state index is 13.6. The highest BCUT2D eigenvalue weighted by atomic mass is 35.5. The van der Waals surface area contributed by atoms with Gasteiger partial charge < -0.3 is 15.4 Å². The summed E-state index contributed by atoms with van der Waals surface area (Å²) in [5.41, 5.74) is 1.76. The molecule has 1 heterocycles. The molecule has 2 fully saturated rings. The monoisotopic (exact) mass is 540 g/mol. The van der Waals surface area contributed by atoms with Crippen LogP contribution in [-0.2, 0) is 6.54 Å². The standard InChI is InChI=1S/C29H34Cl2N4O2/c30-20-15-17-23(18-16-20)37-29-24(19-32-21-9-3-1-4-10-21)27(28(36)33-22-11-5-2-6-12-22)34-35(29)26-14-8-7-13-25(26)31/h7-8,13-18,21-22,32H,1-6,9-12,19H2,(H,33,36). The molecule has 1 aromatic heterocycles. The Labute approximate surface area is 228 Å². The van der Waals surface area contributed by atoms with Gasteiger partial charge in [0.25, 0.3) is 5.91 Å². The zero-order valence-corrected chi connectivity index (χ0v) is 22.5. The molecule has 2 aliphatic carbocycles. The van der Waals surface area contributed by atoms with Gasteiger partial charge in [-0.3, -0.25) is 4.79 Å². The predicted octanol–water partition coefficient (Wildman–Crippen LogP) is 7.46. The Morgan fingerprint density at radius 2 is 1.54 bits per heavy atom. The number of hydrogen-bond acceptors (Lipinski definition) is 4. The number of nitrogens with zero attached hydrogens (tertiary/aromatic N) is 2. The molecule has 0 saturated heterocycles. The van der Waals surface area contributed by atoms with E-state index >= 15 is 0 Å². The number of ether oxygens (including phenoxy) is 1. The summed E-state index contributed by atoms with van der Waals surface area (Å²) in [6.07, 6.45) is 11.5. The number of halogens is 2. The average molecular weight is 542 g/mol. The van der Waals surface area contributed by atoms with Crippen molar-refractivity contribution in [3.8, 4) is 17.3 Å². The minimum atomic E-state index is -0.167. The smallest absolute Gasteiger partial charge is 0.272 e. The van der Waals surface area contributed by atoms with E-state index in [2.05, 4.69) is 10.6 Å². The molecule has 1 amide bonds. The molecule has 0 bridgehead atoms. The molecule has 0 unspecified atom stereocenters. The molecule has 5 rings (SSSR count). The molecule has 0 radical (unpaired) electrons. The van der Waals surface area contributed by atoms with E-state index in [0.717, 1.165) is 44.1 Å². The van der Waals surface area contributed by atoms with Gasteiger partial charge in [-0.1, -0.05) is 73.9 Å². The van der Waals surface area contributed by atoms with Crippen LogP contribution >= 0.6 is 23.2 Å². The van der Waals surface area contributed by atoms with Gasteiger partial charge in [0.1, 0.15) is 5.75 Å². The summed E-state index contributed by atoms with van der Waals surface area (Å²) in [7, 11) is 0. The van der Waals surface area contributed by atoms with E-state index in [-0.39, 0.29) is 11.9 Å². The van der Waals surface area contributed by atoms with Gasteiger partial charge in [0.2, 0.25) is 5.88 Å². The molecule has 2 N–H and O–H groups in total. The van der Waals surface area contributed by atoms with E-state index in [1.807, 2.05) is 36.4 Å². The van der Waals surface area contributed by atoms with Gasteiger partial charge in [0, 0.05) is 23.7 Å². The summed E-state index contributed by atoms with van der Waals surface area (Å²) in [4.78, 5) is 13.6. The van der Waals surface area contributed by atoms with Gasteiger partial charge in [-0.05, 0) is 62.1 Å². The number of benzene rings is 2. The maximum absolute atomic E-state index is 13.6. The Morgan fingerprint density at radius 1 is 0.892 bits per heavy atom. The Morgan fingerprint density at radius 3 is 2.22 bits per heavy atom. The zero-order valence-electron chi connectivity index (χ0n) is 21.0. The largest absolute Gasteiger partial charge is 0.439 e. The van der Waals surface area contributed by atoms with Crippen LogP contribution in [0.5, 0.6) is 11.6 Å². The number of aromatic nitrogens is 2. The van der Waals surface area contributed by atoms with Crippen molar-refractivity contribution in [3.05, 3.63) is 69.8 Å². The molecular weight excluding hydrogens is 507 g/mol. The summed E-state index contributed by atoms with van der Waals surface area (Å²) in [6, 6.07) is 15.2. The lowest BCUT2D eigenvalue weighted by Gasteiger charge is -2.24. The van der Waals surface area contributed by atoms with Crippen molar-refractivity contribution < 1.29 is 9.53 Å². The predicted molar refractivity (Wildman–Crippen MR) is 148 cm³/mol. The van der Waals surface area contributed by atoms with Crippen molar-refractivity contribution in [1.82, 2.24) is 20.4 Å². The van der Waals surface area contributed by atoms with E-state index in [4.69, 9.17) is 33.0 Å². The fourth-order valence-corrected chi connectivity index (χ4v) is 5.68. The lowest BCUT2D eigenvalue weighted by molar-refractivity contribution is 0.0921. The first-order valence-electron chi connectivity index (χ1n) is 13.4. The first-order chi connectivity index (χ1) is 18.1. The minimum Gasteiger partial charge on any atom is -0.439 e. The van der Waals surface area contributed by atoms with Crippen molar-refractivity contribution in [2.75, 3.05) is 0 Å². The molecule has 37 heavy (non-hydrogen) atoms. The Kier molecular flexibility index (Phi) is 8.70. The van der Waals surface area contributed by atoms with E-state index in [0.29, 0.717) is 45.6 Å². The normalized spacial score (nSPS) is 17.0. The number of rotatable bonds is 8. The Hall–Kier alpha value is -2.54. The minimum absolute atomic E-state index is 0.167. The number of amides is 1. The van der Waals surface area contributed by atoms with Crippen LogP contribution in [0.2, 0.25) is 10.0 Å². The van der Waals surface area contributed by atoms with Gasteiger partial charge in [-0.25, -0.2) is 0 Å². The van der Waals surface area contributed by atoms with Crippen molar-refractivity contribution in [2.24, 2.45) is 0 Å². The van der Waals surface area contributed by atoms with Gasteiger partial charge in [0.05, 0.1) is 16.3 Å². The Bertz CT molecular complexity index is 1200. The van der Waals surface area contributed by atoms with E-state index in [1.165, 1.54) is 25.7 Å². The molecule has 0 aliphatic heterocycles. The molecule has 2 aliphatic rings. The molecular formula is C29H34Cl2N4O2. The molecule has 6 nitrogen and oxygen atoms in total. The molecule has 2 aromatic carbocycles. The summed E-state index contributed by atoms with van der Waals surface area (Å²) in [6.45, 7) is 0.478. The first-order valence-corrected chi connectivity index (χ1v) is 14.2. The third-order valence-electron chi connectivity index (χ3n) is 7.37. The molecule has 196 valence electrons. The topological polar surface area (TPSA) is 68.2 Å². The van der Waals surface area contributed by atoms with Crippen LogP contribution in [0.3, 0.4) is 0 Å². The number of para-hydroxylation sites is 1. The van der Waals surface area contributed by atoms with E-state index < -0.39 is 0 Å². The second kappa shape index (κ2) is 12.3. The highest BCUT2D eigenvalue weighted by molar-refractivity contribution is 6.32. The van der Waals surface area contributed by atoms with Gasteiger partial charge >= 0.3 is 0 Å². The summed E-state index contributed by atoms with van der Waals surface area (Å²) < 4.78 is 8.09. The lowest BCUT2D eigenvalue weighted by atomic mass is 9.95. The van der Waals surface area contributed by atoms with Crippen LogP contribution in [-0.4, -0.2) is 27.8 Å². The van der Waals surface area contributed by atoms with E-state index in [1.54, 1.807) is 16.8 Å². The maximum Gasteiger partial charge on any atom is 0.272 e. The Balaban J connectivity index is 1.55. The highest BCUT2D eigenvalue weighted by Gasteiger charge is 2.29. The van der Waals surface area contributed by atoms with Crippen molar-refractivity contribution in [2.45, 2.75) is 82.8 Å². The van der Waals surface area contributed by atoms with Crippen LogP contribution in [0.4, 0.5) is 0 Å². The molecule has 0 atom stereocenters. The number of hydrogen-bond donors (Lipinski definition) is 2. The number of carbonyl (C=O) groups is 1.